The zero-order valence-corrected chi connectivity index (χ0v) is 17.3. The molecule has 0 radical (unpaired) electrons. The maximum Gasteiger partial charge on any atom is 0.254 e. The first kappa shape index (κ1) is 20.3. The van der Waals surface area contributed by atoms with E-state index in [1.807, 2.05) is 29.2 Å². The molecule has 0 unspecified atom stereocenters. The highest BCUT2D eigenvalue weighted by Crippen LogP contribution is 2.41. The van der Waals surface area contributed by atoms with Crippen molar-refractivity contribution in [1.29, 1.82) is 0 Å². The summed E-state index contributed by atoms with van der Waals surface area (Å²) in [6, 6.07) is 9.59. The van der Waals surface area contributed by atoms with Crippen LogP contribution in [0.25, 0.3) is 0 Å². The quantitative estimate of drug-likeness (QED) is 0.657. The Labute approximate surface area is 177 Å². The molecule has 7 heteroatoms. The van der Waals surface area contributed by atoms with Gasteiger partial charge in [0.15, 0.2) is 0 Å². The Morgan fingerprint density at radius 3 is 2.57 bits per heavy atom. The fourth-order valence-electron chi connectivity index (χ4n) is 4.71. The number of hydrogen-bond donors (Lipinski definition) is 2. The third kappa shape index (κ3) is 4.78. The van der Waals surface area contributed by atoms with Crippen LogP contribution in [0.5, 0.6) is 0 Å². The molecule has 1 fully saturated rings. The molecule has 0 spiro atoms. The highest BCUT2D eigenvalue weighted by molar-refractivity contribution is 5.98. The fourth-order valence-corrected chi connectivity index (χ4v) is 4.71. The molecule has 1 aliphatic carbocycles. The van der Waals surface area contributed by atoms with Gasteiger partial charge in [-0.25, -0.2) is 9.97 Å². The molecule has 1 aromatic heterocycles. The molecule has 158 valence electrons. The fraction of sp³-hybridized carbons (Fsp3) is 0.478. The largest absolute Gasteiger partial charge is 0.354 e. The minimum absolute atomic E-state index is 0.0526. The Kier molecular flexibility index (Phi) is 6.26. The zero-order chi connectivity index (χ0) is 20.8. The summed E-state index contributed by atoms with van der Waals surface area (Å²) in [7, 11) is 0. The molecule has 2 N–H and O–H groups in total. The third-order valence-corrected chi connectivity index (χ3v) is 6.17. The average molecular weight is 408 g/mol. The Morgan fingerprint density at radius 2 is 1.80 bits per heavy atom. The van der Waals surface area contributed by atoms with E-state index in [9.17, 15) is 9.59 Å². The first-order chi connectivity index (χ1) is 14.7. The number of hydrogen-bond acceptors (Lipinski definition) is 5. The van der Waals surface area contributed by atoms with Gasteiger partial charge >= 0.3 is 0 Å². The molecule has 0 atom stereocenters. The molecule has 2 aliphatic rings. The van der Waals surface area contributed by atoms with Crippen LogP contribution < -0.4 is 10.6 Å². The lowest BCUT2D eigenvalue weighted by atomic mass is 9.71. The van der Waals surface area contributed by atoms with Crippen LogP contribution in [0.3, 0.4) is 0 Å². The minimum Gasteiger partial charge on any atom is -0.354 e. The normalized spacial score (nSPS) is 17.5. The third-order valence-electron chi connectivity index (χ3n) is 6.17. The summed E-state index contributed by atoms with van der Waals surface area (Å²) in [6.07, 6.45) is 9.27. The number of rotatable bonds is 8. The van der Waals surface area contributed by atoms with Gasteiger partial charge in [0.05, 0.1) is 0 Å². The van der Waals surface area contributed by atoms with Gasteiger partial charge in [0, 0.05) is 50.6 Å². The van der Waals surface area contributed by atoms with Crippen LogP contribution in [0, 0.1) is 5.41 Å². The van der Waals surface area contributed by atoms with E-state index in [4.69, 9.17) is 0 Å². The second-order valence-electron chi connectivity index (χ2n) is 8.40. The highest BCUT2D eigenvalue weighted by Gasteiger charge is 2.39. The van der Waals surface area contributed by atoms with E-state index in [-0.39, 0.29) is 17.2 Å². The van der Waals surface area contributed by atoms with Gasteiger partial charge in [0.25, 0.3) is 5.91 Å². The van der Waals surface area contributed by atoms with Gasteiger partial charge in [-0.1, -0.05) is 37.5 Å². The molecule has 2 heterocycles. The molecular formula is C23H29N5O2. The molecular weight excluding hydrogens is 378 g/mol. The lowest BCUT2D eigenvalue weighted by Crippen LogP contribution is -2.43. The Hall–Kier alpha value is -2.96. The average Bonchev–Trinajstić information content (AvgIpc) is 3.08. The SMILES string of the molecule is O=C(CC1(CN2Cc3ccccc3C2=O)CCCCC1)NCCNc1ncccn1. The molecule has 0 bridgehead atoms. The number of carbonyl (C=O) groups excluding carboxylic acids is 2. The summed E-state index contributed by atoms with van der Waals surface area (Å²) < 4.78 is 0. The number of fused-ring (bicyclic) bond motifs is 1. The topological polar surface area (TPSA) is 87.2 Å². The summed E-state index contributed by atoms with van der Waals surface area (Å²) in [6.45, 7) is 2.40. The van der Waals surface area contributed by atoms with Gasteiger partial charge < -0.3 is 15.5 Å². The van der Waals surface area contributed by atoms with Crippen molar-refractivity contribution in [2.24, 2.45) is 5.41 Å². The van der Waals surface area contributed by atoms with E-state index >= 15 is 0 Å². The molecule has 7 nitrogen and oxygen atoms in total. The molecule has 1 aromatic carbocycles. The van der Waals surface area contributed by atoms with Crippen LogP contribution in [0.1, 0.15) is 54.4 Å². The second kappa shape index (κ2) is 9.24. The van der Waals surface area contributed by atoms with Crippen LogP contribution in [-0.4, -0.2) is 46.3 Å². The van der Waals surface area contributed by atoms with Gasteiger partial charge in [-0.2, -0.15) is 0 Å². The van der Waals surface area contributed by atoms with Gasteiger partial charge in [-0.15, -0.1) is 0 Å². The number of aromatic nitrogens is 2. The van der Waals surface area contributed by atoms with E-state index in [0.717, 1.165) is 36.8 Å². The number of anilines is 1. The maximum absolute atomic E-state index is 12.8. The maximum atomic E-state index is 12.8. The molecule has 0 saturated heterocycles. The summed E-state index contributed by atoms with van der Waals surface area (Å²) in [4.78, 5) is 35.7. The van der Waals surface area contributed by atoms with Crippen molar-refractivity contribution in [2.75, 3.05) is 25.0 Å². The van der Waals surface area contributed by atoms with Crippen LogP contribution in [0.4, 0.5) is 5.95 Å². The number of nitrogens with zero attached hydrogens (tertiary/aromatic N) is 3. The monoisotopic (exact) mass is 407 g/mol. The smallest absolute Gasteiger partial charge is 0.254 e. The number of benzene rings is 1. The summed E-state index contributed by atoms with van der Waals surface area (Å²) in [5, 5.41) is 6.12. The number of amides is 2. The lowest BCUT2D eigenvalue weighted by Gasteiger charge is -2.39. The van der Waals surface area contributed by atoms with Crippen molar-refractivity contribution in [3.63, 3.8) is 0 Å². The Morgan fingerprint density at radius 1 is 1.03 bits per heavy atom. The first-order valence-electron chi connectivity index (χ1n) is 10.8. The van der Waals surface area contributed by atoms with Crippen LogP contribution in [0.2, 0.25) is 0 Å². The minimum atomic E-state index is -0.129. The van der Waals surface area contributed by atoms with Crippen molar-refractivity contribution in [1.82, 2.24) is 20.2 Å². The first-order valence-corrected chi connectivity index (χ1v) is 10.8. The Bertz CT molecular complexity index is 880. The van der Waals surface area contributed by atoms with Crippen molar-refractivity contribution in [3.8, 4) is 0 Å². The molecule has 2 aromatic rings. The summed E-state index contributed by atoms with van der Waals surface area (Å²) in [5.74, 6) is 0.711. The molecule has 1 aliphatic heterocycles. The second-order valence-corrected chi connectivity index (χ2v) is 8.40. The number of carbonyl (C=O) groups is 2. The van der Waals surface area contributed by atoms with Gasteiger partial charge in [0.1, 0.15) is 0 Å². The van der Waals surface area contributed by atoms with Crippen molar-refractivity contribution in [3.05, 3.63) is 53.9 Å². The van der Waals surface area contributed by atoms with Crippen LogP contribution >= 0.6 is 0 Å². The van der Waals surface area contributed by atoms with Gasteiger partial charge in [-0.3, -0.25) is 9.59 Å². The zero-order valence-electron chi connectivity index (χ0n) is 17.3. The van der Waals surface area contributed by atoms with E-state index < -0.39 is 0 Å². The Balaban J connectivity index is 1.32. The van der Waals surface area contributed by atoms with E-state index in [1.54, 1.807) is 18.5 Å². The molecule has 4 rings (SSSR count). The van der Waals surface area contributed by atoms with E-state index in [0.29, 0.717) is 38.5 Å². The van der Waals surface area contributed by atoms with E-state index in [1.165, 1.54) is 6.42 Å². The standard InChI is InChI=1S/C23H29N5O2/c29-20(24-13-14-27-22-25-11-6-12-26-22)15-23(9-4-1-5-10-23)17-28-16-18-7-2-3-8-19(18)21(28)30/h2-3,6-8,11-12H,1,4-5,9-10,13-17H2,(H,24,29)(H,25,26,27). The summed E-state index contributed by atoms with van der Waals surface area (Å²) >= 11 is 0. The van der Waals surface area contributed by atoms with Crippen molar-refractivity contribution in [2.45, 2.75) is 45.1 Å². The predicted molar refractivity (Wildman–Crippen MR) is 115 cm³/mol. The van der Waals surface area contributed by atoms with Crippen LogP contribution in [-0.2, 0) is 11.3 Å². The van der Waals surface area contributed by atoms with Gasteiger partial charge in [0.2, 0.25) is 11.9 Å². The highest BCUT2D eigenvalue weighted by atomic mass is 16.2. The lowest BCUT2D eigenvalue weighted by molar-refractivity contribution is -0.124. The van der Waals surface area contributed by atoms with Crippen molar-refractivity contribution < 1.29 is 9.59 Å². The number of nitrogens with one attached hydrogen (secondary N) is 2. The van der Waals surface area contributed by atoms with Gasteiger partial charge in [-0.05, 0) is 36.0 Å². The predicted octanol–water partition coefficient (Wildman–Crippen LogP) is 3.00. The molecule has 2 amide bonds. The molecule has 1 saturated carbocycles. The molecule has 30 heavy (non-hydrogen) atoms. The van der Waals surface area contributed by atoms with Crippen LogP contribution in [0.15, 0.2) is 42.7 Å². The van der Waals surface area contributed by atoms with Crippen molar-refractivity contribution >= 4 is 17.8 Å². The van der Waals surface area contributed by atoms with E-state index in [2.05, 4.69) is 20.6 Å². The summed E-state index contributed by atoms with van der Waals surface area (Å²) in [5.41, 5.74) is 1.77.